The SMILES string of the molecule is CCNC(CN1CCC(C(C)(C)C)CC1)C1CCOC1. The lowest BCUT2D eigenvalue weighted by Gasteiger charge is -2.40. The van der Waals surface area contributed by atoms with E-state index in [1.807, 2.05) is 0 Å². The highest BCUT2D eigenvalue weighted by Gasteiger charge is 2.31. The minimum absolute atomic E-state index is 0.479. The van der Waals surface area contributed by atoms with E-state index >= 15 is 0 Å². The number of hydrogen-bond donors (Lipinski definition) is 1. The van der Waals surface area contributed by atoms with Crippen molar-refractivity contribution in [2.75, 3.05) is 39.4 Å². The van der Waals surface area contributed by atoms with Gasteiger partial charge in [-0.1, -0.05) is 27.7 Å². The minimum atomic E-state index is 0.479. The van der Waals surface area contributed by atoms with Crippen LogP contribution in [0.15, 0.2) is 0 Å². The third kappa shape index (κ3) is 4.44. The molecule has 0 spiro atoms. The first-order valence-corrected chi connectivity index (χ1v) is 8.54. The van der Waals surface area contributed by atoms with E-state index in [-0.39, 0.29) is 0 Å². The predicted molar refractivity (Wildman–Crippen MR) is 85.0 cm³/mol. The first-order valence-electron chi connectivity index (χ1n) is 8.54. The number of nitrogens with zero attached hydrogens (tertiary/aromatic N) is 1. The summed E-state index contributed by atoms with van der Waals surface area (Å²) in [5, 5.41) is 3.69. The lowest BCUT2D eigenvalue weighted by molar-refractivity contribution is 0.0956. The second-order valence-corrected chi connectivity index (χ2v) is 7.73. The molecule has 0 saturated carbocycles. The van der Waals surface area contributed by atoms with Crippen molar-refractivity contribution in [2.24, 2.45) is 17.3 Å². The van der Waals surface area contributed by atoms with Crippen molar-refractivity contribution in [2.45, 2.75) is 53.0 Å². The largest absolute Gasteiger partial charge is 0.381 e. The number of nitrogens with one attached hydrogen (secondary N) is 1. The number of ether oxygens (including phenoxy) is 1. The molecule has 2 rings (SSSR count). The lowest BCUT2D eigenvalue weighted by atomic mass is 9.75. The number of hydrogen-bond acceptors (Lipinski definition) is 3. The van der Waals surface area contributed by atoms with Gasteiger partial charge >= 0.3 is 0 Å². The molecule has 0 amide bonds. The fourth-order valence-corrected chi connectivity index (χ4v) is 3.77. The molecule has 20 heavy (non-hydrogen) atoms. The number of rotatable bonds is 5. The van der Waals surface area contributed by atoms with E-state index in [0.717, 1.165) is 31.6 Å². The van der Waals surface area contributed by atoms with Gasteiger partial charge in [-0.15, -0.1) is 0 Å². The summed E-state index contributed by atoms with van der Waals surface area (Å²) in [5.74, 6) is 1.61. The first-order chi connectivity index (χ1) is 9.50. The standard InChI is InChI=1S/C17H34N2O/c1-5-18-16(14-8-11-20-13-14)12-19-9-6-15(7-10-19)17(2,3)4/h14-16,18H,5-13H2,1-4H3. The Kier molecular flexibility index (Phi) is 5.88. The van der Waals surface area contributed by atoms with Crippen molar-refractivity contribution in [1.29, 1.82) is 0 Å². The lowest BCUT2D eigenvalue weighted by Crippen LogP contribution is -2.48. The van der Waals surface area contributed by atoms with Gasteiger partial charge in [0.2, 0.25) is 0 Å². The smallest absolute Gasteiger partial charge is 0.0510 e. The second kappa shape index (κ2) is 7.24. The first kappa shape index (κ1) is 16.3. The van der Waals surface area contributed by atoms with Crippen LogP contribution in [0.5, 0.6) is 0 Å². The van der Waals surface area contributed by atoms with E-state index in [9.17, 15) is 0 Å². The van der Waals surface area contributed by atoms with Gasteiger partial charge in [-0.2, -0.15) is 0 Å². The van der Waals surface area contributed by atoms with E-state index in [4.69, 9.17) is 4.74 Å². The highest BCUT2D eigenvalue weighted by molar-refractivity contribution is 4.86. The Bertz CT molecular complexity index is 273. The van der Waals surface area contributed by atoms with Crippen LogP contribution in [0, 0.1) is 17.3 Å². The van der Waals surface area contributed by atoms with Gasteiger partial charge in [0.25, 0.3) is 0 Å². The highest BCUT2D eigenvalue weighted by Crippen LogP contribution is 2.34. The van der Waals surface area contributed by atoms with Gasteiger partial charge in [0.05, 0.1) is 6.61 Å². The fraction of sp³-hybridized carbons (Fsp3) is 1.00. The molecule has 1 N–H and O–H groups in total. The van der Waals surface area contributed by atoms with E-state index in [1.54, 1.807) is 0 Å². The van der Waals surface area contributed by atoms with E-state index in [1.165, 1.54) is 38.9 Å². The summed E-state index contributed by atoms with van der Waals surface area (Å²) >= 11 is 0. The monoisotopic (exact) mass is 282 g/mol. The summed E-state index contributed by atoms with van der Waals surface area (Å²) in [6, 6.07) is 0.619. The van der Waals surface area contributed by atoms with Crippen LogP contribution in [0.1, 0.15) is 47.0 Å². The van der Waals surface area contributed by atoms with Crippen LogP contribution in [-0.4, -0.2) is 50.3 Å². The van der Waals surface area contributed by atoms with Gasteiger partial charge in [-0.3, -0.25) is 0 Å². The molecule has 2 atom stereocenters. The van der Waals surface area contributed by atoms with Crippen LogP contribution in [0.4, 0.5) is 0 Å². The summed E-state index contributed by atoms with van der Waals surface area (Å²) < 4.78 is 5.58. The van der Waals surface area contributed by atoms with Crippen LogP contribution in [0.2, 0.25) is 0 Å². The third-order valence-corrected chi connectivity index (χ3v) is 5.27. The van der Waals surface area contributed by atoms with Crippen LogP contribution in [0.25, 0.3) is 0 Å². The fourth-order valence-electron chi connectivity index (χ4n) is 3.77. The van der Waals surface area contributed by atoms with Gasteiger partial charge in [0.1, 0.15) is 0 Å². The topological polar surface area (TPSA) is 24.5 Å². The maximum Gasteiger partial charge on any atom is 0.0510 e. The molecule has 2 unspecified atom stereocenters. The number of likely N-dealkylation sites (N-methyl/N-ethyl adjacent to an activating group) is 1. The molecule has 3 nitrogen and oxygen atoms in total. The molecule has 0 aromatic heterocycles. The summed E-state index contributed by atoms with van der Waals surface area (Å²) in [4.78, 5) is 2.67. The normalized spacial score (nSPS) is 27.9. The Balaban J connectivity index is 1.80. The van der Waals surface area contributed by atoms with Crippen LogP contribution < -0.4 is 5.32 Å². The maximum absolute atomic E-state index is 5.58. The molecule has 0 aliphatic carbocycles. The molecule has 0 aromatic carbocycles. The van der Waals surface area contributed by atoms with Crippen LogP contribution in [-0.2, 0) is 4.74 Å². The Labute approximate surface area is 125 Å². The Morgan fingerprint density at radius 3 is 2.40 bits per heavy atom. The van der Waals surface area contributed by atoms with Gasteiger partial charge < -0.3 is 15.0 Å². The summed E-state index contributed by atoms with van der Waals surface area (Å²) in [6.07, 6.45) is 3.96. The minimum Gasteiger partial charge on any atom is -0.381 e. The van der Waals surface area contributed by atoms with Gasteiger partial charge in [-0.05, 0) is 50.2 Å². The summed E-state index contributed by atoms with van der Waals surface area (Å²) in [7, 11) is 0. The molecule has 2 saturated heterocycles. The molecule has 2 aliphatic rings. The maximum atomic E-state index is 5.58. The van der Waals surface area contributed by atoms with Crippen molar-refractivity contribution in [1.82, 2.24) is 10.2 Å². The second-order valence-electron chi connectivity index (χ2n) is 7.73. The molecule has 2 aliphatic heterocycles. The molecular weight excluding hydrogens is 248 g/mol. The van der Waals surface area contributed by atoms with Crippen molar-refractivity contribution < 1.29 is 4.74 Å². The van der Waals surface area contributed by atoms with E-state index in [2.05, 4.69) is 37.9 Å². The van der Waals surface area contributed by atoms with Gasteiger partial charge in [0.15, 0.2) is 0 Å². The van der Waals surface area contributed by atoms with Crippen LogP contribution in [0.3, 0.4) is 0 Å². The van der Waals surface area contributed by atoms with Crippen molar-refractivity contribution >= 4 is 0 Å². The molecule has 2 heterocycles. The van der Waals surface area contributed by atoms with Gasteiger partial charge in [-0.25, -0.2) is 0 Å². The van der Waals surface area contributed by atoms with Crippen molar-refractivity contribution in [3.8, 4) is 0 Å². The zero-order chi connectivity index (χ0) is 14.6. The molecule has 0 aromatic rings. The molecule has 0 radical (unpaired) electrons. The molecule has 2 fully saturated rings. The molecular formula is C17H34N2O. The van der Waals surface area contributed by atoms with E-state index < -0.39 is 0 Å². The quantitative estimate of drug-likeness (QED) is 0.839. The summed E-state index contributed by atoms with van der Waals surface area (Å²) in [6.45, 7) is 16.1. The van der Waals surface area contributed by atoms with Crippen molar-refractivity contribution in [3.05, 3.63) is 0 Å². The van der Waals surface area contributed by atoms with Crippen molar-refractivity contribution in [3.63, 3.8) is 0 Å². The highest BCUT2D eigenvalue weighted by atomic mass is 16.5. The number of likely N-dealkylation sites (tertiary alicyclic amines) is 1. The Morgan fingerprint density at radius 1 is 1.20 bits per heavy atom. The zero-order valence-electron chi connectivity index (χ0n) is 14.0. The molecule has 118 valence electrons. The predicted octanol–water partition coefficient (Wildman–Crippen LogP) is 2.76. The third-order valence-electron chi connectivity index (χ3n) is 5.27. The average Bonchev–Trinajstić information content (AvgIpc) is 2.91. The summed E-state index contributed by atoms with van der Waals surface area (Å²) in [5.41, 5.74) is 0.479. The van der Waals surface area contributed by atoms with Gasteiger partial charge in [0, 0.05) is 25.1 Å². The average molecular weight is 282 g/mol. The molecule has 0 bridgehead atoms. The van der Waals surface area contributed by atoms with E-state index in [0.29, 0.717) is 11.5 Å². The Hall–Kier alpha value is -0.120. The zero-order valence-corrected chi connectivity index (χ0v) is 14.0. The molecule has 3 heteroatoms. The Morgan fingerprint density at radius 2 is 1.90 bits per heavy atom. The number of piperidine rings is 1. The van der Waals surface area contributed by atoms with Crippen LogP contribution >= 0.6 is 0 Å².